The molecular weight excluding hydrogens is 326 g/mol. The molecule has 0 amide bonds. The van der Waals surface area contributed by atoms with E-state index in [-0.39, 0.29) is 0 Å². The molecule has 2 heterocycles. The summed E-state index contributed by atoms with van der Waals surface area (Å²) in [5.41, 5.74) is 7.62. The van der Waals surface area contributed by atoms with Gasteiger partial charge < -0.3 is 0 Å². The van der Waals surface area contributed by atoms with Crippen molar-refractivity contribution in [3.05, 3.63) is 89.0 Å². The third kappa shape index (κ3) is 2.49. The van der Waals surface area contributed by atoms with Crippen LogP contribution in [-0.4, -0.2) is 17.0 Å². The van der Waals surface area contributed by atoms with Crippen LogP contribution in [0.2, 0.25) is 0 Å². The topological polar surface area (TPSA) is 3.24 Å². The third-order valence-electron chi connectivity index (χ3n) is 6.97. The zero-order chi connectivity index (χ0) is 17.8. The molecule has 2 unspecified atom stereocenters. The Kier molecular flexibility index (Phi) is 3.52. The van der Waals surface area contributed by atoms with Gasteiger partial charge in [-0.05, 0) is 70.7 Å². The van der Waals surface area contributed by atoms with E-state index in [0.29, 0.717) is 12.1 Å². The number of hydrogen-bond acceptors (Lipinski definition) is 1. The van der Waals surface area contributed by atoms with E-state index in [9.17, 15) is 0 Å². The highest BCUT2D eigenvalue weighted by atomic mass is 15.2. The Hall–Kier alpha value is -2.38. The summed E-state index contributed by atoms with van der Waals surface area (Å²) in [7, 11) is 0. The van der Waals surface area contributed by atoms with Crippen LogP contribution in [0.5, 0.6) is 0 Å². The Morgan fingerprint density at radius 3 is 2.52 bits per heavy atom. The van der Waals surface area contributed by atoms with Crippen LogP contribution in [0.1, 0.15) is 41.5 Å². The van der Waals surface area contributed by atoms with Crippen LogP contribution in [0.15, 0.2) is 66.7 Å². The predicted octanol–water partition coefficient (Wildman–Crippen LogP) is 5.76. The summed E-state index contributed by atoms with van der Waals surface area (Å²) in [4.78, 5) is 2.74. The number of benzene rings is 3. The fourth-order valence-electron chi connectivity index (χ4n) is 5.69. The van der Waals surface area contributed by atoms with E-state index in [2.05, 4.69) is 71.6 Å². The van der Waals surface area contributed by atoms with Gasteiger partial charge in [-0.2, -0.15) is 0 Å². The number of aryl methyl sites for hydroxylation is 2. The van der Waals surface area contributed by atoms with E-state index in [1.165, 1.54) is 48.6 Å². The molecule has 27 heavy (non-hydrogen) atoms. The molecular formula is C26H25N. The Labute approximate surface area is 161 Å². The van der Waals surface area contributed by atoms with Crippen molar-refractivity contribution < 1.29 is 0 Å². The quantitative estimate of drug-likeness (QED) is 0.580. The lowest BCUT2D eigenvalue weighted by Crippen LogP contribution is -2.37. The van der Waals surface area contributed by atoms with Crippen molar-refractivity contribution in [2.75, 3.05) is 0 Å². The second kappa shape index (κ2) is 6.07. The van der Waals surface area contributed by atoms with Crippen molar-refractivity contribution in [3.8, 4) is 0 Å². The van der Waals surface area contributed by atoms with Gasteiger partial charge in [-0.25, -0.2) is 0 Å². The van der Waals surface area contributed by atoms with Crippen LogP contribution in [0.25, 0.3) is 16.3 Å². The molecule has 0 N–H and O–H groups in total. The summed E-state index contributed by atoms with van der Waals surface area (Å²) >= 11 is 0. The van der Waals surface area contributed by atoms with Crippen LogP contribution < -0.4 is 0 Å². The Balaban J connectivity index is 1.38. The number of nitrogens with zero attached hydrogens (tertiary/aromatic N) is 1. The summed E-state index contributed by atoms with van der Waals surface area (Å²) in [6, 6.07) is 24.0. The lowest BCUT2D eigenvalue weighted by Gasteiger charge is -2.34. The second-order valence-corrected chi connectivity index (χ2v) is 8.46. The number of hydrogen-bond donors (Lipinski definition) is 0. The fourth-order valence-corrected chi connectivity index (χ4v) is 5.69. The first-order chi connectivity index (χ1) is 13.4. The summed E-state index contributed by atoms with van der Waals surface area (Å²) in [6.07, 6.45) is 8.85. The minimum atomic E-state index is 0.599. The molecule has 3 aliphatic rings. The Morgan fingerprint density at radius 1 is 0.815 bits per heavy atom. The Morgan fingerprint density at radius 2 is 1.67 bits per heavy atom. The van der Waals surface area contributed by atoms with Crippen molar-refractivity contribution in [2.24, 2.45) is 0 Å². The molecule has 2 atom stereocenters. The van der Waals surface area contributed by atoms with E-state index >= 15 is 0 Å². The SMILES string of the molecule is C1=C(c2ccc3c4c(cccc24)CC3)CC2CCC1N2Cc1ccccc1. The summed E-state index contributed by atoms with van der Waals surface area (Å²) < 4.78 is 0. The van der Waals surface area contributed by atoms with Crippen molar-refractivity contribution in [2.45, 2.75) is 50.7 Å². The Bertz CT molecular complexity index is 1040. The van der Waals surface area contributed by atoms with Crippen LogP contribution in [0, 0.1) is 0 Å². The maximum absolute atomic E-state index is 2.74. The van der Waals surface area contributed by atoms with Gasteiger partial charge in [0.15, 0.2) is 0 Å². The average Bonchev–Trinajstić information content (AvgIpc) is 3.22. The normalized spacial score (nSPS) is 23.8. The maximum atomic E-state index is 2.74. The first-order valence-corrected chi connectivity index (χ1v) is 10.4. The molecule has 0 aromatic heterocycles. The number of fused-ring (bicyclic) bond motifs is 2. The molecule has 1 heteroatoms. The van der Waals surface area contributed by atoms with E-state index in [1.54, 1.807) is 22.1 Å². The minimum Gasteiger partial charge on any atom is -0.289 e. The molecule has 1 fully saturated rings. The largest absolute Gasteiger partial charge is 0.289 e. The first kappa shape index (κ1) is 15.7. The molecule has 0 saturated carbocycles. The summed E-state index contributed by atoms with van der Waals surface area (Å²) in [6.45, 7) is 1.09. The second-order valence-electron chi connectivity index (χ2n) is 8.46. The maximum Gasteiger partial charge on any atom is 0.0291 e. The van der Waals surface area contributed by atoms with Gasteiger partial charge in [-0.15, -0.1) is 0 Å². The van der Waals surface area contributed by atoms with Gasteiger partial charge in [-0.3, -0.25) is 4.90 Å². The highest BCUT2D eigenvalue weighted by molar-refractivity contribution is 5.99. The van der Waals surface area contributed by atoms with Gasteiger partial charge in [0.05, 0.1) is 0 Å². The zero-order valence-corrected chi connectivity index (χ0v) is 15.7. The fraction of sp³-hybridized carbons (Fsp3) is 0.308. The molecule has 2 aliphatic heterocycles. The van der Waals surface area contributed by atoms with Crippen molar-refractivity contribution in [1.29, 1.82) is 0 Å². The van der Waals surface area contributed by atoms with Crippen molar-refractivity contribution in [3.63, 3.8) is 0 Å². The van der Waals surface area contributed by atoms with Gasteiger partial charge in [0, 0.05) is 18.6 Å². The summed E-state index contributed by atoms with van der Waals surface area (Å²) in [5.74, 6) is 0. The minimum absolute atomic E-state index is 0.599. The molecule has 6 rings (SSSR count). The van der Waals surface area contributed by atoms with Crippen molar-refractivity contribution >= 4 is 16.3 Å². The summed E-state index contributed by atoms with van der Waals surface area (Å²) in [5, 5.41) is 3.04. The standard InChI is InChI=1S/C26H25N/c1-2-5-18(6-3-1)17-27-22-12-13-23(27)16-21(15-22)24-14-11-20-10-9-19-7-4-8-25(24)26(19)20/h1-8,11,14-15,22-23H,9-10,12-13,16-17H2. The zero-order valence-electron chi connectivity index (χ0n) is 15.7. The van der Waals surface area contributed by atoms with Gasteiger partial charge in [0.1, 0.15) is 0 Å². The van der Waals surface area contributed by atoms with E-state index in [4.69, 9.17) is 0 Å². The van der Waals surface area contributed by atoms with Crippen LogP contribution in [0.3, 0.4) is 0 Å². The highest BCUT2D eigenvalue weighted by Gasteiger charge is 2.36. The smallest absolute Gasteiger partial charge is 0.0291 e. The van der Waals surface area contributed by atoms with Gasteiger partial charge >= 0.3 is 0 Å². The molecule has 1 aliphatic carbocycles. The molecule has 134 valence electrons. The van der Waals surface area contributed by atoms with Gasteiger partial charge in [0.25, 0.3) is 0 Å². The van der Waals surface area contributed by atoms with Gasteiger partial charge in [-0.1, -0.05) is 66.7 Å². The molecule has 3 aromatic carbocycles. The van der Waals surface area contributed by atoms with E-state index in [0.717, 1.165) is 6.54 Å². The van der Waals surface area contributed by atoms with Crippen LogP contribution in [0.4, 0.5) is 0 Å². The molecule has 0 spiro atoms. The third-order valence-corrected chi connectivity index (χ3v) is 6.97. The predicted molar refractivity (Wildman–Crippen MR) is 113 cm³/mol. The first-order valence-electron chi connectivity index (χ1n) is 10.4. The lowest BCUT2D eigenvalue weighted by atomic mass is 9.89. The van der Waals surface area contributed by atoms with Crippen LogP contribution in [-0.2, 0) is 19.4 Å². The van der Waals surface area contributed by atoms with Crippen LogP contribution >= 0.6 is 0 Å². The number of rotatable bonds is 3. The van der Waals surface area contributed by atoms with Crippen molar-refractivity contribution in [1.82, 2.24) is 4.90 Å². The molecule has 2 bridgehead atoms. The molecule has 0 radical (unpaired) electrons. The molecule has 3 aromatic rings. The monoisotopic (exact) mass is 351 g/mol. The molecule has 1 saturated heterocycles. The molecule has 1 nitrogen and oxygen atoms in total. The highest BCUT2D eigenvalue weighted by Crippen LogP contribution is 2.42. The van der Waals surface area contributed by atoms with Gasteiger partial charge in [0.2, 0.25) is 0 Å². The lowest BCUT2D eigenvalue weighted by molar-refractivity contribution is 0.203. The van der Waals surface area contributed by atoms with E-state index in [1.807, 2.05) is 0 Å². The van der Waals surface area contributed by atoms with E-state index < -0.39 is 0 Å². The average molecular weight is 351 g/mol.